The van der Waals surface area contributed by atoms with Crippen molar-refractivity contribution in [1.29, 1.82) is 0 Å². The number of sulfonamides is 1. The normalized spacial score (nSPS) is 11.0. The van der Waals surface area contributed by atoms with Gasteiger partial charge in [0.05, 0.1) is 22.6 Å². The molecule has 0 spiro atoms. The SMILES string of the molecule is C=CCNS(=O)(=O)Cc1ccc(NC(=O)c2ccccc2NC(=O)c2ccsc2)cc1. The van der Waals surface area contributed by atoms with E-state index in [9.17, 15) is 18.0 Å². The van der Waals surface area contributed by atoms with Crippen LogP contribution >= 0.6 is 11.3 Å². The van der Waals surface area contributed by atoms with E-state index in [0.717, 1.165) is 0 Å². The average molecular weight is 456 g/mol. The Kier molecular flexibility index (Phi) is 7.35. The van der Waals surface area contributed by atoms with Gasteiger partial charge in [-0.2, -0.15) is 11.3 Å². The Morgan fingerprint density at radius 3 is 2.39 bits per heavy atom. The van der Waals surface area contributed by atoms with Crippen LogP contribution in [0, 0.1) is 0 Å². The Balaban J connectivity index is 1.68. The Labute approximate surface area is 184 Å². The number of nitrogens with one attached hydrogen (secondary N) is 3. The van der Waals surface area contributed by atoms with Gasteiger partial charge in [-0.05, 0) is 41.3 Å². The molecule has 2 aromatic carbocycles. The van der Waals surface area contributed by atoms with Crippen LogP contribution in [-0.4, -0.2) is 26.8 Å². The molecule has 1 aromatic heterocycles. The zero-order valence-corrected chi connectivity index (χ0v) is 18.1. The molecule has 7 nitrogen and oxygen atoms in total. The van der Waals surface area contributed by atoms with Crippen molar-refractivity contribution in [2.45, 2.75) is 5.75 Å². The highest BCUT2D eigenvalue weighted by molar-refractivity contribution is 7.88. The Bertz CT molecular complexity index is 1170. The first-order valence-corrected chi connectivity index (χ1v) is 11.9. The average Bonchev–Trinajstić information content (AvgIpc) is 3.29. The quantitative estimate of drug-likeness (QED) is 0.426. The third kappa shape index (κ3) is 6.35. The van der Waals surface area contributed by atoms with Gasteiger partial charge >= 0.3 is 0 Å². The number of benzene rings is 2. The van der Waals surface area contributed by atoms with E-state index in [1.165, 1.54) is 17.4 Å². The maximum Gasteiger partial charge on any atom is 0.257 e. The minimum atomic E-state index is -3.46. The minimum absolute atomic E-state index is 0.166. The van der Waals surface area contributed by atoms with Crippen LogP contribution in [0.3, 0.4) is 0 Å². The maximum atomic E-state index is 12.8. The van der Waals surface area contributed by atoms with Crippen LogP contribution < -0.4 is 15.4 Å². The Hall–Kier alpha value is -3.27. The van der Waals surface area contributed by atoms with Crippen LogP contribution in [0.5, 0.6) is 0 Å². The Morgan fingerprint density at radius 2 is 1.71 bits per heavy atom. The fraction of sp³-hybridized carbons (Fsp3) is 0.0909. The van der Waals surface area contributed by atoms with Gasteiger partial charge < -0.3 is 10.6 Å². The maximum absolute atomic E-state index is 12.8. The van der Waals surface area contributed by atoms with Crippen molar-refractivity contribution in [1.82, 2.24) is 4.72 Å². The molecule has 0 saturated heterocycles. The number of carbonyl (C=O) groups excluding carboxylic acids is 2. The van der Waals surface area contributed by atoms with E-state index in [1.54, 1.807) is 65.4 Å². The molecule has 160 valence electrons. The molecule has 2 amide bonds. The van der Waals surface area contributed by atoms with Crippen molar-refractivity contribution >= 4 is 44.5 Å². The fourth-order valence-corrected chi connectivity index (χ4v) is 4.46. The number of thiophene rings is 1. The number of carbonyl (C=O) groups is 2. The molecule has 0 radical (unpaired) electrons. The lowest BCUT2D eigenvalue weighted by atomic mass is 10.1. The van der Waals surface area contributed by atoms with E-state index in [-0.39, 0.29) is 18.2 Å². The van der Waals surface area contributed by atoms with Crippen molar-refractivity contribution in [3.05, 3.63) is 94.7 Å². The molecule has 3 N–H and O–H groups in total. The topological polar surface area (TPSA) is 104 Å². The zero-order valence-electron chi connectivity index (χ0n) is 16.5. The molecule has 3 aromatic rings. The van der Waals surface area contributed by atoms with Gasteiger partial charge in [-0.1, -0.05) is 30.3 Å². The summed E-state index contributed by atoms with van der Waals surface area (Å²) in [5.74, 6) is -0.863. The summed E-state index contributed by atoms with van der Waals surface area (Å²) in [5, 5.41) is 9.05. The predicted octanol–water partition coefficient (Wildman–Crippen LogP) is 3.86. The molecular formula is C22H21N3O4S2. The monoisotopic (exact) mass is 455 g/mol. The number of hydrogen-bond donors (Lipinski definition) is 3. The molecule has 3 rings (SSSR count). The lowest BCUT2D eigenvalue weighted by Crippen LogP contribution is -2.25. The molecule has 0 aliphatic rings. The summed E-state index contributed by atoms with van der Waals surface area (Å²) < 4.78 is 26.3. The van der Waals surface area contributed by atoms with Gasteiger partial charge in [-0.3, -0.25) is 9.59 Å². The van der Waals surface area contributed by atoms with Crippen molar-refractivity contribution in [3.63, 3.8) is 0 Å². The van der Waals surface area contributed by atoms with Crippen molar-refractivity contribution in [2.24, 2.45) is 0 Å². The smallest absolute Gasteiger partial charge is 0.257 e. The molecule has 0 fully saturated rings. The molecule has 0 atom stereocenters. The van der Waals surface area contributed by atoms with Crippen LogP contribution in [0.4, 0.5) is 11.4 Å². The molecule has 0 saturated carbocycles. The largest absolute Gasteiger partial charge is 0.322 e. The minimum Gasteiger partial charge on any atom is -0.322 e. The first kappa shape index (κ1) is 22.4. The molecule has 0 bridgehead atoms. The highest BCUT2D eigenvalue weighted by Crippen LogP contribution is 2.20. The molecular weight excluding hydrogens is 434 g/mol. The fourth-order valence-electron chi connectivity index (χ4n) is 2.72. The highest BCUT2D eigenvalue weighted by atomic mass is 32.2. The van der Waals surface area contributed by atoms with E-state index in [1.807, 2.05) is 0 Å². The van der Waals surface area contributed by atoms with Crippen LogP contribution in [-0.2, 0) is 15.8 Å². The van der Waals surface area contributed by atoms with Gasteiger partial charge in [0.1, 0.15) is 0 Å². The molecule has 0 aliphatic heterocycles. The second-order valence-electron chi connectivity index (χ2n) is 6.56. The number of para-hydroxylation sites is 1. The first-order chi connectivity index (χ1) is 14.9. The van der Waals surface area contributed by atoms with Gasteiger partial charge in [0, 0.05) is 17.6 Å². The number of anilines is 2. The van der Waals surface area contributed by atoms with E-state index < -0.39 is 15.9 Å². The first-order valence-electron chi connectivity index (χ1n) is 9.29. The third-order valence-electron chi connectivity index (χ3n) is 4.22. The second-order valence-corrected chi connectivity index (χ2v) is 9.15. The summed E-state index contributed by atoms with van der Waals surface area (Å²) in [6, 6.07) is 14.9. The molecule has 0 unspecified atom stereocenters. The predicted molar refractivity (Wildman–Crippen MR) is 124 cm³/mol. The lowest BCUT2D eigenvalue weighted by Gasteiger charge is -2.12. The van der Waals surface area contributed by atoms with Crippen molar-refractivity contribution < 1.29 is 18.0 Å². The van der Waals surface area contributed by atoms with E-state index >= 15 is 0 Å². The third-order valence-corrected chi connectivity index (χ3v) is 6.22. The number of hydrogen-bond acceptors (Lipinski definition) is 5. The molecule has 9 heteroatoms. The molecule has 0 aliphatic carbocycles. The van der Waals surface area contributed by atoms with Crippen LogP contribution in [0.2, 0.25) is 0 Å². The summed E-state index contributed by atoms with van der Waals surface area (Å²) in [6.07, 6.45) is 1.47. The zero-order chi connectivity index (χ0) is 22.3. The number of rotatable bonds is 9. The van der Waals surface area contributed by atoms with Gasteiger partial charge in [-0.25, -0.2) is 13.1 Å². The highest BCUT2D eigenvalue weighted by Gasteiger charge is 2.15. The van der Waals surface area contributed by atoms with Gasteiger partial charge in [0.2, 0.25) is 10.0 Å². The van der Waals surface area contributed by atoms with Crippen LogP contribution in [0.1, 0.15) is 26.3 Å². The summed E-state index contributed by atoms with van der Waals surface area (Å²) in [4.78, 5) is 25.1. The second kappa shape index (κ2) is 10.2. The van der Waals surface area contributed by atoms with Crippen molar-refractivity contribution in [3.8, 4) is 0 Å². The summed E-state index contributed by atoms with van der Waals surface area (Å²) in [7, 11) is -3.46. The van der Waals surface area contributed by atoms with E-state index in [4.69, 9.17) is 0 Å². The van der Waals surface area contributed by atoms with Crippen molar-refractivity contribution in [2.75, 3.05) is 17.2 Å². The van der Waals surface area contributed by atoms with Crippen LogP contribution in [0.15, 0.2) is 78.0 Å². The van der Waals surface area contributed by atoms with E-state index in [0.29, 0.717) is 28.1 Å². The lowest BCUT2D eigenvalue weighted by molar-refractivity contribution is 0.102. The molecule has 31 heavy (non-hydrogen) atoms. The van der Waals surface area contributed by atoms with Crippen LogP contribution in [0.25, 0.3) is 0 Å². The number of amides is 2. The van der Waals surface area contributed by atoms with Gasteiger partial charge in [-0.15, -0.1) is 6.58 Å². The molecule has 1 heterocycles. The van der Waals surface area contributed by atoms with E-state index in [2.05, 4.69) is 21.9 Å². The van der Waals surface area contributed by atoms with Gasteiger partial charge in [0.25, 0.3) is 11.8 Å². The Morgan fingerprint density at radius 1 is 0.968 bits per heavy atom. The summed E-state index contributed by atoms with van der Waals surface area (Å²) in [6.45, 7) is 3.65. The van der Waals surface area contributed by atoms with Gasteiger partial charge in [0.15, 0.2) is 0 Å². The summed E-state index contributed by atoms with van der Waals surface area (Å²) in [5.41, 5.74) is 2.31. The summed E-state index contributed by atoms with van der Waals surface area (Å²) >= 11 is 1.41. The standard InChI is InChI=1S/C22H21N3O4S2/c1-2-12-23-31(28,29)15-16-7-9-18(10-8-16)24-22(27)19-5-3-4-6-20(19)25-21(26)17-11-13-30-14-17/h2-11,13-14,23H,1,12,15H2,(H,24,27)(H,25,26).